The van der Waals surface area contributed by atoms with E-state index in [-0.39, 0.29) is 19.0 Å². The van der Waals surface area contributed by atoms with Crippen LogP contribution in [0.25, 0.3) is 0 Å². The molecule has 0 bridgehead atoms. The molecular weight excluding hydrogens is 344 g/mol. The second-order valence-electron chi connectivity index (χ2n) is 5.96. The second-order valence-corrected chi connectivity index (χ2v) is 5.96. The van der Waals surface area contributed by atoms with Crippen molar-refractivity contribution in [1.82, 2.24) is 0 Å². The van der Waals surface area contributed by atoms with Crippen molar-refractivity contribution in [3.63, 3.8) is 0 Å². The maximum atomic E-state index is 12.2. The Kier molecular flexibility index (Phi) is 8.81. The van der Waals surface area contributed by atoms with Crippen LogP contribution in [0, 0.1) is 11.8 Å². The molecule has 1 aliphatic carbocycles. The van der Waals surface area contributed by atoms with Crippen molar-refractivity contribution in [3.05, 3.63) is 0 Å². The van der Waals surface area contributed by atoms with Gasteiger partial charge in [0.2, 0.25) is 11.6 Å². The molecule has 0 aromatic rings. The fourth-order valence-corrected chi connectivity index (χ4v) is 2.82. The van der Waals surface area contributed by atoms with Crippen LogP contribution in [0.2, 0.25) is 0 Å². The molecule has 26 heavy (non-hydrogen) atoms. The van der Waals surface area contributed by atoms with Gasteiger partial charge in [-0.25, -0.2) is 4.79 Å². The van der Waals surface area contributed by atoms with Gasteiger partial charge in [0.25, 0.3) is 5.78 Å². The van der Waals surface area contributed by atoms with Gasteiger partial charge in [0.05, 0.1) is 19.1 Å². The van der Waals surface area contributed by atoms with Crippen molar-refractivity contribution in [2.45, 2.75) is 52.4 Å². The zero-order valence-corrected chi connectivity index (χ0v) is 15.1. The number of hydrogen-bond acceptors (Lipinski definition) is 8. The zero-order valence-electron chi connectivity index (χ0n) is 15.1. The molecule has 0 saturated heterocycles. The predicted octanol–water partition coefficient (Wildman–Crippen LogP) is 0.976. The van der Waals surface area contributed by atoms with Crippen molar-refractivity contribution < 1.29 is 38.2 Å². The van der Waals surface area contributed by atoms with Crippen LogP contribution in [-0.4, -0.2) is 48.3 Å². The topological polar surface area (TPSA) is 121 Å². The Morgan fingerprint density at radius 3 is 2.08 bits per heavy atom. The minimum atomic E-state index is -1.85. The van der Waals surface area contributed by atoms with Crippen molar-refractivity contribution in [1.29, 1.82) is 0 Å². The molecule has 0 amide bonds. The standard InChI is InChI=1S/C18H24O8/c1-3-25-12(19)10-8-6-5-7-9-11-14(20)13(16(22)15(11)21)17(23)18(24)26-4-2/h11,13H,3-10H2,1-2H3. The van der Waals surface area contributed by atoms with E-state index in [1.807, 2.05) is 0 Å². The summed E-state index contributed by atoms with van der Waals surface area (Å²) in [6, 6.07) is 0. The van der Waals surface area contributed by atoms with Crippen LogP contribution in [-0.2, 0) is 38.2 Å². The molecule has 1 fully saturated rings. The predicted molar refractivity (Wildman–Crippen MR) is 88.0 cm³/mol. The minimum Gasteiger partial charge on any atom is -0.466 e. The Hall–Kier alpha value is -2.38. The highest BCUT2D eigenvalue weighted by atomic mass is 16.5. The summed E-state index contributed by atoms with van der Waals surface area (Å²) in [5, 5.41) is 0. The lowest BCUT2D eigenvalue weighted by Crippen LogP contribution is -2.33. The first-order chi connectivity index (χ1) is 12.3. The van der Waals surface area contributed by atoms with Gasteiger partial charge in [0, 0.05) is 6.42 Å². The number of ketones is 4. The summed E-state index contributed by atoms with van der Waals surface area (Å²) in [5.74, 6) is -8.68. The van der Waals surface area contributed by atoms with Gasteiger partial charge in [-0.05, 0) is 26.7 Å². The molecule has 1 saturated carbocycles. The van der Waals surface area contributed by atoms with Gasteiger partial charge in [-0.2, -0.15) is 0 Å². The van der Waals surface area contributed by atoms with E-state index in [0.29, 0.717) is 38.7 Å². The van der Waals surface area contributed by atoms with E-state index in [1.165, 1.54) is 6.92 Å². The van der Waals surface area contributed by atoms with Gasteiger partial charge < -0.3 is 9.47 Å². The Labute approximate surface area is 151 Å². The van der Waals surface area contributed by atoms with Crippen LogP contribution in [0.4, 0.5) is 0 Å². The third-order valence-electron chi connectivity index (χ3n) is 4.12. The first kappa shape index (κ1) is 21.7. The van der Waals surface area contributed by atoms with Crippen LogP contribution >= 0.6 is 0 Å². The Balaban J connectivity index is 2.46. The molecule has 0 aromatic carbocycles. The number of unbranched alkanes of at least 4 members (excludes halogenated alkanes) is 3. The summed E-state index contributed by atoms with van der Waals surface area (Å²) >= 11 is 0. The average molecular weight is 368 g/mol. The molecule has 0 radical (unpaired) electrons. The third kappa shape index (κ3) is 5.57. The molecule has 8 heteroatoms. The first-order valence-corrected chi connectivity index (χ1v) is 8.83. The molecule has 1 rings (SSSR count). The summed E-state index contributed by atoms with van der Waals surface area (Å²) in [6.45, 7) is 3.49. The van der Waals surface area contributed by atoms with Crippen LogP contribution < -0.4 is 0 Å². The summed E-state index contributed by atoms with van der Waals surface area (Å²) in [7, 11) is 0. The van der Waals surface area contributed by atoms with Crippen molar-refractivity contribution in [2.75, 3.05) is 13.2 Å². The maximum Gasteiger partial charge on any atom is 0.375 e. The number of Topliss-reactive ketones (excluding diaryl/α,β-unsaturated/α-hetero) is 4. The van der Waals surface area contributed by atoms with E-state index in [1.54, 1.807) is 6.92 Å². The molecule has 144 valence electrons. The number of rotatable bonds is 11. The van der Waals surface area contributed by atoms with Gasteiger partial charge in [-0.1, -0.05) is 19.3 Å². The van der Waals surface area contributed by atoms with E-state index in [0.717, 1.165) is 0 Å². The highest BCUT2D eigenvalue weighted by molar-refractivity contribution is 6.60. The zero-order chi connectivity index (χ0) is 19.7. The summed E-state index contributed by atoms with van der Waals surface area (Å²) < 4.78 is 9.31. The van der Waals surface area contributed by atoms with Crippen molar-refractivity contribution in [3.8, 4) is 0 Å². The van der Waals surface area contributed by atoms with E-state index in [9.17, 15) is 28.8 Å². The highest BCUT2D eigenvalue weighted by Gasteiger charge is 2.53. The number of ether oxygens (including phenoxy) is 2. The molecule has 2 unspecified atom stereocenters. The lowest BCUT2D eigenvalue weighted by molar-refractivity contribution is -0.157. The van der Waals surface area contributed by atoms with E-state index >= 15 is 0 Å². The molecule has 8 nitrogen and oxygen atoms in total. The first-order valence-electron chi connectivity index (χ1n) is 8.83. The van der Waals surface area contributed by atoms with E-state index < -0.39 is 40.9 Å². The van der Waals surface area contributed by atoms with Gasteiger partial charge in [-0.15, -0.1) is 0 Å². The molecule has 0 heterocycles. The lowest BCUT2D eigenvalue weighted by Gasteiger charge is -2.07. The summed E-state index contributed by atoms with van der Waals surface area (Å²) in [5.41, 5.74) is 0. The van der Waals surface area contributed by atoms with Gasteiger partial charge >= 0.3 is 11.9 Å². The smallest absolute Gasteiger partial charge is 0.375 e. The summed E-state index contributed by atoms with van der Waals surface area (Å²) in [4.78, 5) is 70.6. The normalized spacial score (nSPS) is 19.5. The molecular formula is C18H24O8. The SMILES string of the molecule is CCOC(=O)CCCCCCC1C(=O)C(=O)C(C(=O)C(=O)OCC)C1=O. The highest BCUT2D eigenvalue weighted by Crippen LogP contribution is 2.27. The fourth-order valence-electron chi connectivity index (χ4n) is 2.82. The molecule has 2 atom stereocenters. The minimum absolute atomic E-state index is 0.0666. The van der Waals surface area contributed by atoms with Gasteiger partial charge in [-0.3, -0.25) is 24.0 Å². The lowest BCUT2D eigenvalue weighted by atomic mass is 9.94. The number of carbonyl (C=O) groups is 6. The number of carbonyl (C=O) groups excluding carboxylic acids is 6. The van der Waals surface area contributed by atoms with E-state index in [4.69, 9.17) is 4.74 Å². The molecule has 0 aliphatic heterocycles. The van der Waals surface area contributed by atoms with Crippen molar-refractivity contribution >= 4 is 35.1 Å². The average Bonchev–Trinajstić information content (AvgIpc) is 2.80. The maximum absolute atomic E-state index is 12.2. The molecule has 0 N–H and O–H groups in total. The Bertz CT molecular complexity index is 592. The fraction of sp³-hybridized carbons (Fsp3) is 0.667. The van der Waals surface area contributed by atoms with Crippen LogP contribution in [0.1, 0.15) is 52.4 Å². The van der Waals surface area contributed by atoms with Gasteiger partial charge in [0.1, 0.15) is 0 Å². The second kappa shape index (κ2) is 10.6. The molecule has 0 spiro atoms. The van der Waals surface area contributed by atoms with E-state index in [2.05, 4.69) is 4.74 Å². The number of hydrogen-bond donors (Lipinski definition) is 0. The largest absolute Gasteiger partial charge is 0.466 e. The van der Waals surface area contributed by atoms with Crippen LogP contribution in [0.15, 0.2) is 0 Å². The number of esters is 2. The van der Waals surface area contributed by atoms with Crippen molar-refractivity contribution in [2.24, 2.45) is 11.8 Å². The van der Waals surface area contributed by atoms with Gasteiger partial charge in [0.15, 0.2) is 11.7 Å². The molecule has 0 aromatic heterocycles. The van der Waals surface area contributed by atoms with Crippen LogP contribution in [0.3, 0.4) is 0 Å². The quantitative estimate of drug-likeness (QED) is 0.229. The monoisotopic (exact) mass is 368 g/mol. The Morgan fingerprint density at radius 1 is 0.846 bits per heavy atom. The summed E-state index contributed by atoms with van der Waals surface area (Å²) in [6.07, 6.45) is 2.97. The van der Waals surface area contributed by atoms with Crippen LogP contribution in [0.5, 0.6) is 0 Å². The molecule has 1 aliphatic rings. The third-order valence-corrected chi connectivity index (χ3v) is 4.12. The Morgan fingerprint density at radius 2 is 1.46 bits per heavy atom.